The first-order valence-corrected chi connectivity index (χ1v) is 9.44. The van der Waals surface area contributed by atoms with Crippen LogP contribution in [0.5, 0.6) is 5.75 Å². The van der Waals surface area contributed by atoms with Gasteiger partial charge in [-0.2, -0.15) is 0 Å². The van der Waals surface area contributed by atoms with E-state index in [0.717, 1.165) is 37.2 Å². The molecule has 0 aliphatic rings. The summed E-state index contributed by atoms with van der Waals surface area (Å²) >= 11 is 0. The second-order valence-electron chi connectivity index (χ2n) is 5.55. The van der Waals surface area contributed by atoms with Crippen molar-refractivity contribution in [3.05, 3.63) is 24.3 Å². The second kappa shape index (κ2) is 10.5. The molecule has 0 fully saturated rings. The Kier molecular flexibility index (Phi) is 8.98. The Morgan fingerprint density at radius 3 is 2.57 bits per heavy atom. The van der Waals surface area contributed by atoms with Crippen molar-refractivity contribution in [3.8, 4) is 5.75 Å². The Labute approximate surface area is 139 Å². The average Bonchev–Trinajstić information content (AvgIpc) is 2.52. The molecule has 7 heteroatoms. The fraction of sp³-hybridized carbons (Fsp3) is 0.625. The van der Waals surface area contributed by atoms with Crippen LogP contribution in [-0.4, -0.2) is 40.7 Å². The van der Waals surface area contributed by atoms with Crippen LogP contribution in [-0.2, 0) is 14.8 Å². The van der Waals surface area contributed by atoms with Crippen molar-refractivity contribution in [2.45, 2.75) is 38.4 Å². The molecular weight excluding hydrogens is 316 g/mol. The number of anilines is 1. The summed E-state index contributed by atoms with van der Waals surface area (Å²) in [6.45, 7) is 4.93. The van der Waals surface area contributed by atoms with Gasteiger partial charge in [-0.25, -0.2) is 13.1 Å². The van der Waals surface area contributed by atoms with Crippen molar-refractivity contribution >= 4 is 15.7 Å². The molecule has 0 amide bonds. The molecule has 132 valence electrons. The highest BCUT2D eigenvalue weighted by Gasteiger charge is 2.13. The van der Waals surface area contributed by atoms with E-state index in [1.807, 2.05) is 24.3 Å². The molecule has 0 aliphatic heterocycles. The first kappa shape index (κ1) is 19.7. The number of methoxy groups -OCH3 is 1. The number of benzene rings is 1. The van der Waals surface area contributed by atoms with Crippen LogP contribution < -0.4 is 14.8 Å². The number of sulfonamides is 1. The quantitative estimate of drug-likeness (QED) is 0.450. The molecule has 0 spiro atoms. The summed E-state index contributed by atoms with van der Waals surface area (Å²) in [5.41, 5.74) is 0.999. The fourth-order valence-electron chi connectivity index (χ4n) is 1.86. The number of hydrogen-bond acceptors (Lipinski definition) is 5. The largest absolute Gasteiger partial charge is 0.467 e. The van der Waals surface area contributed by atoms with Gasteiger partial charge in [-0.1, -0.05) is 12.5 Å². The molecule has 6 nitrogen and oxygen atoms in total. The fourth-order valence-corrected chi connectivity index (χ4v) is 2.63. The van der Waals surface area contributed by atoms with Crippen LogP contribution in [0.4, 0.5) is 5.69 Å². The lowest BCUT2D eigenvalue weighted by atomic mass is 10.2. The number of nitrogens with one attached hydrogen (secondary N) is 2. The van der Waals surface area contributed by atoms with E-state index < -0.39 is 10.0 Å². The molecule has 0 aliphatic carbocycles. The van der Waals surface area contributed by atoms with E-state index in [-0.39, 0.29) is 12.0 Å². The Balaban J connectivity index is 2.16. The molecule has 0 radical (unpaired) electrons. The Morgan fingerprint density at radius 1 is 1.13 bits per heavy atom. The lowest BCUT2D eigenvalue weighted by molar-refractivity contribution is 0.0512. The molecule has 1 rings (SSSR count). The Bertz CT molecular complexity index is 547. The SMILES string of the molecule is COCOc1cccc(NCCCCCNS(=O)(=O)C(C)C)c1. The summed E-state index contributed by atoms with van der Waals surface area (Å²) in [6, 6.07) is 7.71. The molecule has 23 heavy (non-hydrogen) atoms. The molecule has 0 saturated heterocycles. The number of rotatable bonds is 12. The minimum Gasteiger partial charge on any atom is -0.467 e. The van der Waals surface area contributed by atoms with Gasteiger partial charge < -0.3 is 14.8 Å². The summed E-state index contributed by atoms with van der Waals surface area (Å²) in [5.74, 6) is 0.764. The molecule has 0 unspecified atom stereocenters. The van der Waals surface area contributed by atoms with Crippen molar-refractivity contribution in [1.82, 2.24) is 4.72 Å². The third-order valence-electron chi connectivity index (χ3n) is 3.28. The van der Waals surface area contributed by atoms with Crippen LogP contribution in [0.15, 0.2) is 24.3 Å². The zero-order valence-corrected chi connectivity index (χ0v) is 15.0. The molecule has 2 N–H and O–H groups in total. The summed E-state index contributed by atoms with van der Waals surface area (Å²) in [6.07, 6.45) is 2.78. The predicted molar refractivity (Wildman–Crippen MR) is 93.3 cm³/mol. The van der Waals surface area contributed by atoms with Gasteiger partial charge in [0.25, 0.3) is 0 Å². The smallest absolute Gasteiger partial charge is 0.213 e. The molecule has 0 saturated carbocycles. The van der Waals surface area contributed by atoms with E-state index in [4.69, 9.17) is 9.47 Å². The van der Waals surface area contributed by atoms with Crippen molar-refractivity contribution < 1.29 is 17.9 Å². The first-order chi connectivity index (χ1) is 11.0. The lowest BCUT2D eigenvalue weighted by Gasteiger charge is -2.10. The van der Waals surface area contributed by atoms with Crippen LogP contribution in [0.1, 0.15) is 33.1 Å². The Morgan fingerprint density at radius 2 is 1.87 bits per heavy atom. The molecule has 0 atom stereocenters. The highest BCUT2D eigenvalue weighted by molar-refractivity contribution is 7.90. The monoisotopic (exact) mass is 344 g/mol. The van der Waals surface area contributed by atoms with E-state index in [1.54, 1.807) is 21.0 Å². The van der Waals surface area contributed by atoms with Crippen molar-refractivity contribution in [2.75, 3.05) is 32.3 Å². The standard InChI is InChI=1S/C16H28N2O4S/c1-14(2)23(19,20)18-11-6-4-5-10-17-15-8-7-9-16(12-15)22-13-21-3/h7-9,12,14,17-18H,4-6,10-11,13H2,1-3H3. The van der Waals surface area contributed by atoms with Gasteiger partial charge in [-0.3, -0.25) is 0 Å². The van der Waals surface area contributed by atoms with E-state index >= 15 is 0 Å². The minimum absolute atomic E-state index is 0.232. The van der Waals surface area contributed by atoms with Gasteiger partial charge in [0.15, 0.2) is 6.79 Å². The normalized spacial score (nSPS) is 11.7. The summed E-state index contributed by atoms with van der Waals surface area (Å²) < 4.78 is 36.0. The van der Waals surface area contributed by atoms with Crippen LogP contribution >= 0.6 is 0 Å². The van der Waals surface area contributed by atoms with Crippen molar-refractivity contribution in [2.24, 2.45) is 0 Å². The van der Waals surface area contributed by atoms with Gasteiger partial charge in [0.2, 0.25) is 10.0 Å². The van der Waals surface area contributed by atoms with Gasteiger partial charge in [0, 0.05) is 32.0 Å². The lowest BCUT2D eigenvalue weighted by Crippen LogP contribution is -2.31. The zero-order chi connectivity index (χ0) is 17.1. The number of ether oxygens (including phenoxy) is 2. The number of hydrogen-bond donors (Lipinski definition) is 2. The molecule has 0 bridgehead atoms. The van der Waals surface area contributed by atoms with E-state index in [9.17, 15) is 8.42 Å². The summed E-state index contributed by atoms with van der Waals surface area (Å²) in [7, 11) is -1.55. The Hall–Kier alpha value is -1.31. The van der Waals surface area contributed by atoms with E-state index in [0.29, 0.717) is 6.54 Å². The maximum absolute atomic E-state index is 11.6. The first-order valence-electron chi connectivity index (χ1n) is 7.90. The van der Waals surface area contributed by atoms with Crippen molar-refractivity contribution in [3.63, 3.8) is 0 Å². The van der Waals surface area contributed by atoms with Crippen LogP contribution in [0.2, 0.25) is 0 Å². The molecule has 0 aromatic heterocycles. The van der Waals surface area contributed by atoms with E-state index in [1.165, 1.54) is 0 Å². The van der Waals surface area contributed by atoms with Gasteiger partial charge in [-0.05, 0) is 38.8 Å². The summed E-state index contributed by atoms with van der Waals surface area (Å²) in [5, 5.41) is 2.95. The average molecular weight is 344 g/mol. The third-order valence-corrected chi connectivity index (χ3v) is 5.13. The molecular formula is C16H28N2O4S. The number of unbranched alkanes of at least 4 members (excludes halogenated alkanes) is 2. The van der Waals surface area contributed by atoms with Crippen LogP contribution in [0.3, 0.4) is 0 Å². The second-order valence-corrected chi connectivity index (χ2v) is 7.88. The molecule has 0 heterocycles. The van der Waals surface area contributed by atoms with Crippen LogP contribution in [0.25, 0.3) is 0 Å². The summed E-state index contributed by atoms with van der Waals surface area (Å²) in [4.78, 5) is 0. The maximum atomic E-state index is 11.6. The highest BCUT2D eigenvalue weighted by atomic mass is 32.2. The van der Waals surface area contributed by atoms with Gasteiger partial charge in [-0.15, -0.1) is 0 Å². The topological polar surface area (TPSA) is 76.7 Å². The van der Waals surface area contributed by atoms with Crippen LogP contribution in [0, 0.1) is 0 Å². The van der Waals surface area contributed by atoms with E-state index in [2.05, 4.69) is 10.0 Å². The van der Waals surface area contributed by atoms with Gasteiger partial charge in [0.1, 0.15) is 5.75 Å². The third kappa shape index (κ3) is 8.20. The minimum atomic E-state index is -3.14. The maximum Gasteiger partial charge on any atom is 0.213 e. The highest BCUT2D eigenvalue weighted by Crippen LogP contribution is 2.17. The van der Waals surface area contributed by atoms with Crippen molar-refractivity contribution in [1.29, 1.82) is 0 Å². The van der Waals surface area contributed by atoms with Gasteiger partial charge in [0.05, 0.1) is 5.25 Å². The zero-order valence-electron chi connectivity index (χ0n) is 14.2. The predicted octanol–water partition coefficient (Wildman–Crippen LogP) is 2.58. The van der Waals surface area contributed by atoms with Gasteiger partial charge >= 0.3 is 0 Å². The molecule has 1 aromatic rings. The molecule has 1 aromatic carbocycles.